The number of hydrogen-bond donors (Lipinski definition) is 2. The van der Waals surface area contributed by atoms with Gasteiger partial charge in [-0.05, 0) is 48.6 Å². The van der Waals surface area contributed by atoms with Gasteiger partial charge in [0.1, 0.15) is 5.60 Å². The highest BCUT2D eigenvalue weighted by Crippen LogP contribution is 2.23. The first-order chi connectivity index (χ1) is 11.3. The van der Waals surface area contributed by atoms with Crippen molar-refractivity contribution in [1.82, 2.24) is 5.32 Å². The van der Waals surface area contributed by atoms with Crippen molar-refractivity contribution >= 4 is 19.4 Å². The fourth-order valence-corrected chi connectivity index (χ4v) is 2.63. The first-order valence-corrected chi connectivity index (χ1v) is 8.78. The summed E-state index contributed by atoms with van der Waals surface area (Å²) in [7, 11) is -2.38. The van der Waals surface area contributed by atoms with Gasteiger partial charge in [-0.25, -0.2) is 4.79 Å². The van der Waals surface area contributed by atoms with E-state index < -0.39 is 25.8 Å². The molecule has 0 heterocycles. The van der Waals surface area contributed by atoms with Crippen molar-refractivity contribution in [1.29, 1.82) is 0 Å². The van der Waals surface area contributed by atoms with E-state index in [1.54, 1.807) is 45.0 Å². The Balaban J connectivity index is 2.30. The molecule has 1 amide bonds. The molecule has 24 heavy (non-hydrogen) atoms. The lowest BCUT2D eigenvalue weighted by Crippen LogP contribution is -2.35. The molecule has 0 aliphatic rings. The molecule has 2 aromatic carbocycles. The van der Waals surface area contributed by atoms with Crippen LogP contribution < -0.4 is 10.6 Å². The number of ether oxygens (including phenoxy) is 1. The van der Waals surface area contributed by atoms with Gasteiger partial charge < -0.3 is 10.1 Å². The van der Waals surface area contributed by atoms with Crippen LogP contribution in [0.25, 0.3) is 0 Å². The topological polar surface area (TPSA) is 75.6 Å². The van der Waals surface area contributed by atoms with Crippen LogP contribution in [0.2, 0.25) is 0 Å². The maximum Gasteiger partial charge on any atom is 0.546 e. The molecule has 2 atom stereocenters. The molecule has 6 heteroatoms. The zero-order chi connectivity index (χ0) is 17.7. The van der Waals surface area contributed by atoms with E-state index in [0.29, 0.717) is 5.30 Å². The third-order valence-electron chi connectivity index (χ3n) is 3.24. The zero-order valence-corrected chi connectivity index (χ0v) is 14.8. The van der Waals surface area contributed by atoms with Crippen LogP contribution >= 0.6 is 8.03 Å². The average molecular weight is 346 g/mol. The van der Waals surface area contributed by atoms with Crippen LogP contribution in [0.5, 0.6) is 0 Å². The number of amides is 1. The lowest BCUT2D eigenvalue weighted by molar-refractivity contribution is 0.0512. The second-order valence-electron chi connectivity index (χ2n) is 6.35. The maximum atomic E-state index is 12.2. The molecule has 0 saturated heterocycles. The van der Waals surface area contributed by atoms with Crippen molar-refractivity contribution in [3.8, 4) is 0 Å². The van der Waals surface area contributed by atoms with Crippen molar-refractivity contribution in [2.75, 3.05) is 0 Å². The van der Waals surface area contributed by atoms with Gasteiger partial charge in [0.15, 0.2) is 0 Å². The summed E-state index contributed by atoms with van der Waals surface area (Å²) >= 11 is 0. The highest BCUT2D eigenvalue weighted by molar-refractivity contribution is 7.47. The highest BCUT2D eigenvalue weighted by Gasteiger charge is 2.23. The number of hydrogen-bond acceptors (Lipinski definition) is 3. The molecule has 0 aromatic heterocycles. The van der Waals surface area contributed by atoms with Crippen LogP contribution in [-0.2, 0) is 9.30 Å². The molecule has 0 aliphatic heterocycles. The Kier molecular flexibility index (Phi) is 5.71. The van der Waals surface area contributed by atoms with E-state index >= 15 is 0 Å². The van der Waals surface area contributed by atoms with E-state index in [4.69, 9.17) is 9.63 Å². The maximum absolute atomic E-state index is 12.2. The van der Waals surface area contributed by atoms with Crippen LogP contribution in [0.15, 0.2) is 54.6 Å². The Hall–Kier alpha value is -2.23. The Morgan fingerprint density at radius 2 is 1.58 bits per heavy atom. The summed E-state index contributed by atoms with van der Waals surface area (Å²) in [5.74, 6) is 0. The van der Waals surface area contributed by atoms with Crippen molar-refractivity contribution in [3.05, 3.63) is 65.7 Å². The molecule has 0 radical (unpaired) electrons. The third-order valence-corrected chi connectivity index (χ3v) is 3.98. The molecule has 2 aromatic rings. The van der Waals surface area contributed by atoms with Crippen LogP contribution in [0.1, 0.15) is 37.9 Å². The SMILES string of the molecule is CC(C)(C)OC(=O)NC(c1ccccc1)c1ccc([P+](=O)O)cc1. The van der Waals surface area contributed by atoms with E-state index in [0.717, 1.165) is 11.1 Å². The van der Waals surface area contributed by atoms with Crippen LogP contribution in [-0.4, -0.2) is 16.6 Å². The summed E-state index contributed by atoms with van der Waals surface area (Å²) in [4.78, 5) is 21.3. The summed E-state index contributed by atoms with van der Waals surface area (Å²) in [6.07, 6.45) is -0.520. The van der Waals surface area contributed by atoms with Crippen LogP contribution in [0.3, 0.4) is 0 Å². The summed E-state index contributed by atoms with van der Waals surface area (Å²) in [6.45, 7) is 5.41. The van der Waals surface area contributed by atoms with E-state index in [1.807, 2.05) is 30.3 Å². The second kappa shape index (κ2) is 7.56. The molecule has 126 valence electrons. The number of carbonyl (C=O) groups excluding carboxylic acids is 1. The Morgan fingerprint density at radius 1 is 1.04 bits per heavy atom. The smallest absolute Gasteiger partial charge is 0.444 e. The Morgan fingerprint density at radius 3 is 2.08 bits per heavy atom. The normalized spacial score (nSPS) is 13.1. The molecule has 2 rings (SSSR count). The summed E-state index contributed by atoms with van der Waals surface area (Å²) in [5, 5.41) is 3.20. The van der Waals surface area contributed by atoms with E-state index in [9.17, 15) is 9.36 Å². The van der Waals surface area contributed by atoms with Crippen molar-refractivity contribution in [3.63, 3.8) is 0 Å². The Labute approximate surface area is 142 Å². The van der Waals surface area contributed by atoms with E-state index in [2.05, 4.69) is 5.32 Å². The third kappa shape index (κ3) is 5.15. The lowest BCUT2D eigenvalue weighted by Gasteiger charge is -2.24. The highest BCUT2D eigenvalue weighted by atomic mass is 31.1. The number of rotatable bonds is 4. The minimum absolute atomic E-state index is 0.345. The average Bonchev–Trinajstić information content (AvgIpc) is 2.52. The van der Waals surface area contributed by atoms with Crippen molar-refractivity contribution in [2.24, 2.45) is 0 Å². The van der Waals surface area contributed by atoms with Gasteiger partial charge in [0.2, 0.25) is 5.30 Å². The largest absolute Gasteiger partial charge is 0.546 e. The molecule has 0 spiro atoms. The lowest BCUT2D eigenvalue weighted by atomic mass is 9.99. The standard InChI is InChI=1S/C18H20NO4P/c1-18(2,3)23-17(20)19-16(13-7-5-4-6-8-13)14-9-11-15(12-10-14)24(21)22/h4-12,16H,1-3H3,(H-,19,20,21,22)/p+1. The van der Waals surface area contributed by atoms with Crippen molar-refractivity contribution < 1.29 is 19.0 Å². The first kappa shape index (κ1) is 18.1. The zero-order valence-electron chi connectivity index (χ0n) is 13.9. The number of nitrogens with one attached hydrogen (secondary N) is 1. The monoisotopic (exact) mass is 346 g/mol. The molecular weight excluding hydrogens is 325 g/mol. The Bertz CT molecular complexity index is 708. The molecule has 0 aliphatic carbocycles. The van der Waals surface area contributed by atoms with Crippen LogP contribution in [0.4, 0.5) is 4.79 Å². The van der Waals surface area contributed by atoms with Crippen molar-refractivity contribution in [2.45, 2.75) is 32.4 Å². The molecule has 2 unspecified atom stereocenters. The molecule has 0 fully saturated rings. The van der Waals surface area contributed by atoms with Gasteiger partial charge in [0.05, 0.1) is 6.04 Å². The van der Waals surface area contributed by atoms with Gasteiger partial charge in [-0.2, -0.15) is 4.89 Å². The summed E-state index contributed by atoms with van der Waals surface area (Å²) in [6, 6.07) is 15.7. The van der Waals surface area contributed by atoms with Gasteiger partial charge in [0.25, 0.3) is 0 Å². The first-order valence-electron chi connectivity index (χ1n) is 7.57. The number of benzene rings is 2. The summed E-state index contributed by atoms with van der Waals surface area (Å²) < 4.78 is 16.5. The fraction of sp³-hybridized carbons (Fsp3) is 0.278. The van der Waals surface area contributed by atoms with Crippen LogP contribution in [0, 0.1) is 0 Å². The molecule has 5 nitrogen and oxygen atoms in total. The summed E-state index contributed by atoms with van der Waals surface area (Å²) in [5.41, 5.74) is 1.10. The molecule has 0 bridgehead atoms. The van der Waals surface area contributed by atoms with Gasteiger partial charge in [-0.3, -0.25) is 0 Å². The molecular formula is C18H21NO4P+. The minimum Gasteiger partial charge on any atom is -0.444 e. The number of alkyl carbamates (subject to hydrolysis) is 1. The van der Waals surface area contributed by atoms with Gasteiger partial charge in [-0.1, -0.05) is 42.5 Å². The second-order valence-corrected chi connectivity index (χ2v) is 7.42. The number of carbonyl (C=O) groups is 1. The predicted octanol–water partition coefficient (Wildman–Crippen LogP) is 3.66. The van der Waals surface area contributed by atoms with Gasteiger partial charge >= 0.3 is 14.1 Å². The predicted molar refractivity (Wildman–Crippen MR) is 93.6 cm³/mol. The fourth-order valence-electron chi connectivity index (χ4n) is 2.22. The molecule has 2 N–H and O–H groups in total. The molecule has 0 saturated carbocycles. The van der Waals surface area contributed by atoms with E-state index in [-0.39, 0.29) is 0 Å². The van der Waals surface area contributed by atoms with Gasteiger partial charge in [0, 0.05) is 0 Å². The van der Waals surface area contributed by atoms with E-state index in [1.165, 1.54) is 0 Å². The quantitative estimate of drug-likeness (QED) is 0.829. The van der Waals surface area contributed by atoms with Gasteiger partial charge in [-0.15, -0.1) is 0 Å². The minimum atomic E-state index is -2.38.